The number of thiocarbonyl (C=S) groups is 1. The molecule has 7 heteroatoms. The highest BCUT2D eigenvalue weighted by atomic mass is 32.1. The van der Waals surface area contributed by atoms with Crippen molar-refractivity contribution in [1.82, 2.24) is 14.8 Å². The lowest BCUT2D eigenvalue weighted by molar-refractivity contribution is -0.148. The third-order valence-electron chi connectivity index (χ3n) is 1.42. The van der Waals surface area contributed by atoms with Crippen LogP contribution < -0.4 is 5.73 Å². The summed E-state index contributed by atoms with van der Waals surface area (Å²) in [5.74, 6) is -0.119. The van der Waals surface area contributed by atoms with Crippen LogP contribution in [0.3, 0.4) is 0 Å². The molecule has 0 aromatic carbocycles. The van der Waals surface area contributed by atoms with E-state index in [1.165, 1.54) is 11.0 Å². The zero-order chi connectivity index (χ0) is 11.4. The predicted octanol–water partition coefficient (Wildman–Crippen LogP) is -0.136. The number of nitrogens with zero attached hydrogens (tertiary/aromatic N) is 3. The molecule has 0 aliphatic rings. The Kier molecular flexibility index (Phi) is 3.73. The van der Waals surface area contributed by atoms with Gasteiger partial charge in [-0.25, -0.2) is 9.67 Å². The Morgan fingerprint density at radius 2 is 2.40 bits per heavy atom. The van der Waals surface area contributed by atoms with Crippen LogP contribution in [0.25, 0.3) is 0 Å². The molecule has 0 spiro atoms. The van der Waals surface area contributed by atoms with Crippen LogP contribution in [0.15, 0.2) is 6.33 Å². The molecule has 1 rings (SSSR count). The van der Waals surface area contributed by atoms with E-state index < -0.39 is 0 Å². The Bertz CT molecular complexity index is 374. The first-order valence-electron chi connectivity index (χ1n) is 4.37. The lowest BCUT2D eigenvalue weighted by Crippen LogP contribution is -2.18. The van der Waals surface area contributed by atoms with E-state index >= 15 is 0 Å². The summed E-state index contributed by atoms with van der Waals surface area (Å²) < 4.78 is 6.26. The molecule has 0 unspecified atom stereocenters. The number of hydrogen-bond donors (Lipinski definition) is 1. The minimum Gasteiger partial charge on any atom is -0.462 e. The number of aromatic nitrogens is 3. The molecule has 0 amide bonds. The lowest BCUT2D eigenvalue weighted by Gasteiger charge is -2.06. The average molecular weight is 228 g/mol. The molecule has 0 saturated carbocycles. The third kappa shape index (κ3) is 3.62. The Morgan fingerprint density at radius 1 is 1.73 bits per heavy atom. The largest absolute Gasteiger partial charge is 0.462 e. The zero-order valence-corrected chi connectivity index (χ0v) is 9.32. The molecule has 0 atom stereocenters. The van der Waals surface area contributed by atoms with Gasteiger partial charge in [-0.05, 0) is 13.8 Å². The van der Waals surface area contributed by atoms with E-state index in [1.807, 2.05) is 0 Å². The van der Waals surface area contributed by atoms with Gasteiger partial charge in [0.25, 0.3) is 0 Å². The van der Waals surface area contributed by atoms with E-state index in [9.17, 15) is 4.79 Å². The third-order valence-corrected chi connectivity index (χ3v) is 1.60. The van der Waals surface area contributed by atoms with Gasteiger partial charge in [0, 0.05) is 0 Å². The van der Waals surface area contributed by atoms with E-state index in [0.717, 1.165) is 0 Å². The van der Waals surface area contributed by atoms with Crippen molar-refractivity contribution in [2.24, 2.45) is 5.73 Å². The summed E-state index contributed by atoms with van der Waals surface area (Å²) in [5, 5.41) is 3.90. The first-order chi connectivity index (χ1) is 6.99. The molecule has 1 aromatic rings. The van der Waals surface area contributed by atoms with Gasteiger partial charge in [0.15, 0.2) is 0 Å². The van der Waals surface area contributed by atoms with Gasteiger partial charge in [0.2, 0.25) is 5.82 Å². The Hall–Kier alpha value is -1.50. The highest BCUT2D eigenvalue weighted by Crippen LogP contribution is 1.94. The molecule has 82 valence electrons. The van der Waals surface area contributed by atoms with Crippen molar-refractivity contribution >= 4 is 23.2 Å². The molecule has 0 saturated heterocycles. The van der Waals surface area contributed by atoms with Gasteiger partial charge in [0.1, 0.15) is 17.9 Å². The van der Waals surface area contributed by atoms with Crippen LogP contribution >= 0.6 is 12.2 Å². The smallest absolute Gasteiger partial charge is 0.328 e. The van der Waals surface area contributed by atoms with Gasteiger partial charge in [-0.2, -0.15) is 0 Å². The minimum atomic E-state index is -0.371. The second-order valence-corrected chi connectivity index (χ2v) is 3.61. The molecular weight excluding hydrogens is 216 g/mol. The van der Waals surface area contributed by atoms with Crippen molar-refractivity contribution < 1.29 is 9.53 Å². The summed E-state index contributed by atoms with van der Waals surface area (Å²) in [6.45, 7) is 3.56. The molecule has 1 aromatic heterocycles. The number of ether oxygens (including phenoxy) is 1. The predicted molar refractivity (Wildman–Crippen MR) is 57.1 cm³/mol. The van der Waals surface area contributed by atoms with Crippen LogP contribution in [0.5, 0.6) is 0 Å². The zero-order valence-electron chi connectivity index (χ0n) is 8.51. The second-order valence-electron chi connectivity index (χ2n) is 3.17. The maximum atomic E-state index is 11.2. The van der Waals surface area contributed by atoms with Crippen molar-refractivity contribution in [3.8, 4) is 0 Å². The van der Waals surface area contributed by atoms with Gasteiger partial charge in [-0.3, -0.25) is 4.79 Å². The molecule has 1 heterocycles. The van der Waals surface area contributed by atoms with Crippen LogP contribution in [0.4, 0.5) is 0 Å². The molecule has 0 aliphatic heterocycles. The Balaban J connectivity index is 2.57. The summed E-state index contributed by atoms with van der Waals surface area (Å²) in [6, 6.07) is 0. The van der Waals surface area contributed by atoms with Crippen LogP contribution in [0.2, 0.25) is 0 Å². The van der Waals surface area contributed by atoms with Crippen LogP contribution in [0.1, 0.15) is 19.7 Å². The minimum absolute atomic E-state index is 0.00773. The van der Waals surface area contributed by atoms with Gasteiger partial charge < -0.3 is 10.5 Å². The van der Waals surface area contributed by atoms with Crippen molar-refractivity contribution in [1.29, 1.82) is 0 Å². The number of esters is 1. The molecule has 0 bridgehead atoms. The molecule has 2 N–H and O–H groups in total. The summed E-state index contributed by atoms with van der Waals surface area (Å²) in [7, 11) is 0. The number of rotatable bonds is 4. The summed E-state index contributed by atoms with van der Waals surface area (Å²) in [6.07, 6.45) is 1.24. The topological polar surface area (TPSA) is 83.0 Å². The monoisotopic (exact) mass is 228 g/mol. The first-order valence-corrected chi connectivity index (χ1v) is 4.78. The van der Waals surface area contributed by atoms with Crippen molar-refractivity contribution in [3.63, 3.8) is 0 Å². The lowest BCUT2D eigenvalue weighted by atomic mass is 10.5. The highest BCUT2D eigenvalue weighted by molar-refractivity contribution is 7.80. The molecule has 0 aliphatic carbocycles. The summed E-state index contributed by atoms with van der Waals surface area (Å²) >= 11 is 4.68. The SMILES string of the molecule is CC(C)OC(=O)Cn1cnc(C(N)=S)n1. The molecule has 15 heavy (non-hydrogen) atoms. The Morgan fingerprint density at radius 3 is 2.87 bits per heavy atom. The summed E-state index contributed by atoms with van der Waals surface area (Å²) in [4.78, 5) is 15.2. The number of nitrogens with two attached hydrogens (primary N) is 1. The number of carbonyl (C=O) groups excluding carboxylic acids is 1. The van der Waals surface area contributed by atoms with Gasteiger partial charge in [0.05, 0.1) is 6.10 Å². The molecule has 0 fully saturated rings. The van der Waals surface area contributed by atoms with Crippen LogP contribution in [-0.2, 0) is 16.1 Å². The molecular formula is C8H12N4O2S. The normalized spacial score (nSPS) is 10.3. The number of carbonyl (C=O) groups is 1. The van der Waals surface area contributed by atoms with Crippen LogP contribution in [0, 0.1) is 0 Å². The quantitative estimate of drug-likeness (QED) is 0.570. The summed E-state index contributed by atoms with van der Waals surface area (Å²) in [5.41, 5.74) is 5.32. The van der Waals surface area contributed by atoms with E-state index in [0.29, 0.717) is 0 Å². The van der Waals surface area contributed by atoms with Crippen molar-refractivity contribution in [2.45, 2.75) is 26.5 Å². The van der Waals surface area contributed by atoms with E-state index in [1.54, 1.807) is 13.8 Å². The maximum absolute atomic E-state index is 11.2. The second kappa shape index (κ2) is 4.83. The van der Waals surface area contributed by atoms with Crippen molar-refractivity contribution in [3.05, 3.63) is 12.2 Å². The van der Waals surface area contributed by atoms with E-state index in [-0.39, 0.29) is 29.4 Å². The van der Waals surface area contributed by atoms with Gasteiger partial charge >= 0.3 is 5.97 Å². The van der Waals surface area contributed by atoms with Crippen LogP contribution in [-0.4, -0.2) is 31.8 Å². The average Bonchev–Trinajstić information content (AvgIpc) is 2.50. The standard InChI is InChI=1S/C8H12N4O2S/c1-5(2)14-6(13)3-12-4-10-8(11-12)7(9)15/h4-5H,3H2,1-2H3,(H2,9,15). The fourth-order valence-corrected chi connectivity index (χ4v) is 1.01. The fourth-order valence-electron chi connectivity index (χ4n) is 0.916. The van der Waals surface area contributed by atoms with Crippen molar-refractivity contribution in [2.75, 3.05) is 0 Å². The van der Waals surface area contributed by atoms with E-state index in [4.69, 9.17) is 10.5 Å². The van der Waals surface area contributed by atoms with Gasteiger partial charge in [-0.1, -0.05) is 12.2 Å². The van der Waals surface area contributed by atoms with E-state index in [2.05, 4.69) is 22.3 Å². The number of hydrogen-bond acceptors (Lipinski definition) is 5. The first kappa shape index (κ1) is 11.6. The van der Waals surface area contributed by atoms with Gasteiger partial charge in [-0.15, -0.1) is 5.10 Å². The Labute approximate surface area is 92.4 Å². The maximum Gasteiger partial charge on any atom is 0.328 e. The highest BCUT2D eigenvalue weighted by Gasteiger charge is 2.09. The molecule has 6 nitrogen and oxygen atoms in total. The molecule has 0 radical (unpaired) electrons. The fraction of sp³-hybridized carbons (Fsp3) is 0.500.